The summed E-state index contributed by atoms with van der Waals surface area (Å²) in [4.78, 5) is 24.7. The van der Waals surface area contributed by atoms with Gasteiger partial charge in [0, 0.05) is 4.47 Å². The molecule has 0 aliphatic carbocycles. The number of esters is 1. The fourth-order valence-corrected chi connectivity index (χ4v) is 2.81. The minimum Gasteiger partial charge on any atom is -0.496 e. The van der Waals surface area contributed by atoms with Crippen LogP contribution >= 0.6 is 15.9 Å². The van der Waals surface area contributed by atoms with Gasteiger partial charge < -0.3 is 14.8 Å². The van der Waals surface area contributed by atoms with Crippen molar-refractivity contribution in [2.45, 2.75) is 26.9 Å². The fraction of sp³-hybridized carbons (Fsp3) is 0.263. The Kier molecular flexibility index (Phi) is 6.20. The van der Waals surface area contributed by atoms with E-state index < -0.39 is 18.0 Å². The van der Waals surface area contributed by atoms with E-state index >= 15 is 0 Å². The first-order valence-electron chi connectivity index (χ1n) is 7.74. The number of nitrogens with one attached hydrogen (secondary N) is 1. The highest BCUT2D eigenvalue weighted by Gasteiger charge is 2.22. The quantitative estimate of drug-likeness (QED) is 0.754. The van der Waals surface area contributed by atoms with Gasteiger partial charge in [0.15, 0.2) is 6.10 Å². The van der Waals surface area contributed by atoms with Crippen molar-refractivity contribution in [3.63, 3.8) is 0 Å². The van der Waals surface area contributed by atoms with Crippen LogP contribution in [0.15, 0.2) is 40.9 Å². The Morgan fingerprint density at radius 1 is 1.08 bits per heavy atom. The molecule has 0 unspecified atom stereocenters. The zero-order valence-corrected chi connectivity index (χ0v) is 16.1. The van der Waals surface area contributed by atoms with Gasteiger partial charge in [-0.3, -0.25) is 4.79 Å². The summed E-state index contributed by atoms with van der Waals surface area (Å²) < 4.78 is 11.2. The Morgan fingerprint density at radius 2 is 1.72 bits per heavy atom. The van der Waals surface area contributed by atoms with Gasteiger partial charge in [-0.25, -0.2) is 4.79 Å². The Labute approximate surface area is 155 Å². The molecule has 25 heavy (non-hydrogen) atoms. The van der Waals surface area contributed by atoms with E-state index in [2.05, 4.69) is 21.2 Å². The average molecular weight is 406 g/mol. The minimum atomic E-state index is -0.953. The largest absolute Gasteiger partial charge is 0.496 e. The fourth-order valence-electron chi connectivity index (χ4n) is 2.21. The Balaban J connectivity index is 2.08. The van der Waals surface area contributed by atoms with Crippen molar-refractivity contribution in [2.75, 3.05) is 12.4 Å². The highest BCUT2D eigenvalue weighted by atomic mass is 79.9. The standard InChI is InChI=1S/C19H20BrNO4/c1-11-6-8-17(24-4)14(9-11)19(23)25-13(3)18(22)21-16-7-5-12(2)10-15(16)20/h5-10,13H,1-4H3,(H,21,22)/t13-/m0/s1. The molecular formula is C19H20BrNO4. The van der Waals surface area contributed by atoms with Crippen LogP contribution < -0.4 is 10.1 Å². The number of rotatable bonds is 5. The Hall–Kier alpha value is -2.34. The number of benzene rings is 2. The van der Waals surface area contributed by atoms with Crippen LogP contribution in [-0.2, 0) is 9.53 Å². The number of ether oxygens (including phenoxy) is 2. The SMILES string of the molecule is COc1ccc(C)cc1C(=O)O[C@@H](C)C(=O)Nc1ccc(C)cc1Br. The number of anilines is 1. The van der Waals surface area contributed by atoms with Crippen molar-refractivity contribution in [3.8, 4) is 5.75 Å². The van der Waals surface area contributed by atoms with E-state index in [0.29, 0.717) is 17.0 Å². The van der Waals surface area contributed by atoms with Gasteiger partial charge in [0.25, 0.3) is 5.91 Å². The summed E-state index contributed by atoms with van der Waals surface area (Å²) in [6, 6.07) is 10.8. The first-order chi connectivity index (χ1) is 11.8. The monoisotopic (exact) mass is 405 g/mol. The Bertz CT molecular complexity index is 804. The van der Waals surface area contributed by atoms with E-state index in [1.54, 1.807) is 18.2 Å². The van der Waals surface area contributed by atoms with E-state index in [0.717, 1.165) is 15.6 Å². The Morgan fingerprint density at radius 3 is 2.36 bits per heavy atom. The molecule has 5 nitrogen and oxygen atoms in total. The lowest BCUT2D eigenvalue weighted by Crippen LogP contribution is -2.30. The summed E-state index contributed by atoms with van der Waals surface area (Å²) in [6.45, 7) is 5.34. The summed E-state index contributed by atoms with van der Waals surface area (Å²) in [5.41, 5.74) is 2.87. The first kappa shape index (κ1) is 19.0. The second-order valence-corrected chi connectivity index (χ2v) is 6.58. The molecule has 0 bridgehead atoms. The molecular weight excluding hydrogens is 386 g/mol. The van der Waals surface area contributed by atoms with Crippen molar-refractivity contribution in [3.05, 3.63) is 57.6 Å². The van der Waals surface area contributed by atoms with Gasteiger partial charge in [0.05, 0.1) is 12.8 Å². The lowest BCUT2D eigenvalue weighted by atomic mass is 10.1. The van der Waals surface area contributed by atoms with Gasteiger partial charge in [-0.05, 0) is 66.5 Å². The first-order valence-corrected chi connectivity index (χ1v) is 8.53. The van der Waals surface area contributed by atoms with Crippen LogP contribution in [0.3, 0.4) is 0 Å². The van der Waals surface area contributed by atoms with Crippen molar-refractivity contribution in [2.24, 2.45) is 0 Å². The van der Waals surface area contributed by atoms with E-state index in [9.17, 15) is 9.59 Å². The van der Waals surface area contributed by atoms with Crippen molar-refractivity contribution < 1.29 is 19.1 Å². The molecule has 2 rings (SSSR count). The molecule has 1 amide bonds. The van der Waals surface area contributed by atoms with Crippen LogP contribution in [0, 0.1) is 13.8 Å². The van der Waals surface area contributed by atoms with Gasteiger partial charge in [-0.1, -0.05) is 17.7 Å². The molecule has 0 saturated carbocycles. The van der Waals surface area contributed by atoms with Crippen LogP contribution in [0.5, 0.6) is 5.75 Å². The lowest BCUT2D eigenvalue weighted by molar-refractivity contribution is -0.123. The van der Waals surface area contributed by atoms with Crippen molar-refractivity contribution in [1.82, 2.24) is 0 Å². The van der Waals surface area contributed by atoms with Gasteiger partial charge in [0.1, 0.15) is 11.3 Å². The summed E-state index contributed by atoms with van der Waals surface area (Å²) in [5, 5.41) is 2.74. The number of halogens is 1. The number of carbonyl (C=O) groups is 2. The van der Waals surface area contributed by atoms with Gasteiger partial charge in [-0.15, -0.1) is 0 Å². The smallest absolute Gasteiger partial charge is 0.342 e. The number of amides is 1. The van der Waals surface area contributed by atoms with E-state index in [4.69, 9.17) is 9.47 Å². The normalized spacial score (nSPS) is 11.6. The molecule has 0 aliphatic heterocycles. The van der Waals surface area contributed by atoms with Crippen LogP contribution in [0.2, 0.25) is 0 Å². The maximum absolute atomic E-state index is 12.4. The topological polar surface area (TPSA) is 64.6 Å². The van der Waals surface area contributed by atoms with Gasteiger partial charge >= 0.3 is 5.97 Å². The van der Waals surface area contributed by atoms with Crippen molar-refractivity contribution >= 4 is 33.5 Å². The second kappa shape index (κ2) is 8.16. The molecule has 2 aromatic rings. The van der Waals surface area contributed by atoms with E-state index in [1.807, 2.05) is 32.0 Å². The highest BCUT2D eigenvalue weighted by Crippen LogP contribution is 2.24. The minimum absolute atomic E-state index is 0.290. The van der Waals surface area contributed by atoms with Crippen LogP contribution in [0.25, 0.3) is 0 Å². The molecule has 0 fully saturated rings. The number of carbonyl (C=O) groups excluding carboxylic acids is 2. The van der Waals surface area contributed by atoms with Gasteiger partial charge in [-0.2, -0.15) is 0 Å². The second-order valence-electron chi connectivity index (χ2n) is 5.72. The average Bonchev–Trinajstić information content (AvgIpc) is 2.57. The molecule has 1 N–H and O–H groups in total. The summed E-state index contributed by atoms with van der Waals surface area (Å²) in [7, 11) is 1.48. The van der Waals surface area contributed by atoms with E-state index in [1.165, 1.54) is 14.0 Å². The molecule has 0 aliphatic rings. The molecule has 0 aromatic heterocycles. The zero-order chi connectivity index (χ0) is 18.6. The molecule has 0 heterocycles. The zero-order valence-electron chi connectivity index (χ0n) is 14.6. The highest BCUT2D eigenvalue weighted by molar-refractivity contribution is 9.10. The van der Waals surface area contributed by atoms with E-state index in [-0.39, 0.29) is 0 Å². The van der Waals surface area contributed by atoms with Crippen LogP contribution in [0.4, 0.5) is 5.69 Å². The molecule has 6 heteroatoms. The maximum Gasteiger partial charge on any atom is 0.342 e. The summed E-state index contributed by atoms with van der Waals surface area (Å²) in [5.74, 6) is -0.611. The molecule has 1 atom stereocenters. The van der Waals surface area contributed by atoms with Crippen LogP contribution in [0.1, 0.15) is 28.4 Å². The maximum atomic E-state index is 12.4. The number of aryl methyl sites for hydroxylation is 2. The molecule has 0 radical (unpaired) electrons. The molecule has 0 saturated heterocycles. The molecule has 0 spiro atoms. The lowest BCUT2D eigenvalue weighted by Gasteiger charge is -2.16. The van der Waals surface area contributed by atoms with Gasteiger partial charge in [0.2, 0.25) is 0 Å². The number of hydrogen-bond donors (Lipinski definition) is 1. The predicted molar refractivity (Wildman–Crippen MR) is 100 cm³/mol. The predicted octanol–water partition coefficient (Wildman–Crippen LogP) is 4.26. The number of hydrogen-bond acceptors (Lipinski definition) is 4. The molecule has 2 aromatic carbocycles. The third-order valence-electron chi connectivity index (χ3n) is 3.61. The van der Waals surface area contributed by atoms with Crippen molar-refractivity contribution in [1.29, 1.82) is 0 Å². The van der Waals surface area contributed by atoms with Crippen LogP contribution in [-0.4, -0.2) is 25.1 Å². The number of methoxy groups -OCH3 is 1. The summed E-state index contributed by atoms with van der Waals surface area (Å²) in [6.07, 6.45) is -0.953. The molecule has 132 valence electrons. The summed E-state index contributed by atoms with van der Waals surface area (Å²) >= 11 is 3.40. The third kappa shape index (κ3) is 4.82. The third-order valence-corrected chi connectivity index (χ3v) is 4.27.